The number of nitrogens with zero attached hydrogens (tertiary/aromatic N) is 2. The molecule has 0 fully saturated rings. The summed E-state index contributed by atoms with van der Waals surface area (Å²) in [5, 5.41) is 9.56. The maximum Gasteiger partial charge on any atom is 0.217 e. The first-order chi connectivity index (χ1) is 8.61. The van der Waals surface area contributed by atoms with Gasteiger partial charge in [0.25, 0.3) is 0 Å². The molecule has 5 heteroatoms. The molecule has 0 saturated carbocycles. The van der Waals surface area contributed by atoms with Crippen LogP contribution in [0.1, 0.15) is 12.0 Å². The minimum absolute atomic E-state index is 0.169. The zero-order valence-electron chi connectivity index (χ0n) is 9.56. The van der Waals surface area contributed by atoms with Crippen LogP contribution < -0.4 is 5.73 Å². The summed E-state index contributed by atoms with van der Waals surface area (Å²) in [6.45, 7) is 0.451. The van der Waals surface area contributed by atoms with Crippen molar-refractivity contribution in [3.63, 3.8) is 0 Å². The molecular formula is C13H11FN3O. The topological polar surface area (TPSA) is 71.8 Å². The minimum atomic E-state index is -0.405. The van der Waals surface area contributed by atoms with Gasteiger partial charge >= 0.3 is 0 Å². The number of nitrogens with two attached hydrogens (primary N) is 1. The van der Waals surface area contributed by atoms with E-state index >= 15 is 0 Å². The second kappa shape index (κ2) is 4.88. The van der Waals surface area contributed by atoms with Gasteiger partial charge < -0.3 is 10.3 Å². The third-order valence-corrected chi connectivity index (χ3v) is 2.63. The first kappa shape index (κ1) is 12.1. The second-order valence-corrected chi connectivity index (χ2v) is 3.93. The molecule has 1 amide bonds. The minimum Gasteiger partial charge on any atom is -0.370 e. The maximum atomic E-state index is 13.1. The van der Waals surface area contributed by atoms with E-state index in [4.69, 9.17) is 11.0 Å². The average Bonchev–Trinajstić information content (AvgIpc) is 2.66. The molecule has 0 aliphatic rings. The van der Waals surface area contributed by atoms with Crippen molar-refractivity contribution in [1.29, 1.82) is 5.26 Å². The summed E-state index contributed by atoms with van der Waals surface area (Å²) in [4.78, 5) is 10.6. The third kappa shape index (κ3) is 2.33. The maximum absolute atomic E-state index is 13.1. The van der Waals surface area contributed by atoms with E-state index in [1.54, 1.807) is 23.3 Å². The number of halogens is 1. The molecule has 2 aromatic rings. The number of primary amides is 1. The molecule has 0 spiro atoms. The van der Waals surface area contributed by atoms with Crippen LogP contribution >= 0.6 is 0 Å². The summed E-state index contributed by atoms with van der Waals surface area (Å²) < 4.78 is 14.9. The van der Waals surface area contributed by atoms with E-state index in [0.717, 1.165) is 5.52 Å². The van der Waals surface area contributed by atoms with Gasteiger partial charge in [0.2, 0.25) is 5.91 Å². The molecular weight excluding hydrogens is 233 g/mol. The Balaban J connectivity index is 2.34. The van der Waals surface area contributed by atoms with E-state index < -0.39 is 5.91 Å². The molecule has 2 N–H and O–H groups in total. The summed E-state index contributed by atoms with van der Waals surface area (Å²) in [6, 6.07) is 6.31. The normalized spacial score (nSPS) is 10.4. The van der Waals surface area contributed by atoms with Crippen molar-refractivity contribution in [2.45, 2.75) is 13.0 Å². The lowest BCUT2D eigenvalue weighted by molar-refractivity contribution is -0.117. The van der Waals surface area contributed by atoms with Crippen LogP contribution in [0.5, 0.6) is 0 Å². The monoisotopic (exact) mass is 244 g/mol. The smallest absolute Gasteiger partial charge is 0.217 e. The Hall–Kier alpha value is -2.35. The Morgan fingerprint density at radius 2 is 2.33 bits per heavy atom. The summed E-state index contributed by atoms with van der Waals surface area (Å²) in [7, 11) is 0. The number of carbonyl (C=O) groups is 1. The number of nitriles is 1. The molecule has 1 radical (unpaired) electrons. The lowest BCUT2D eigenvalue weighted by Crippen LogP contribution is -2.11. The van der Waals surface area contributed by atoms with Crippen LogP contribution in [0.3, 0.4) is 0 Å². The molecule has 1 aromatic heterocycles. The Kier molecular flexibility index (Phi) is 3.28. The highest BCUT2D eigenvalue weighted by Crippen LogP contribution is 2.22. The number of hydrogen-bond acceptors (Lipinski definition) is 2. The van der Waals surface area contributed by atoms with Crippen LogP contribution in [0.25, 0.3) is 10.9 Å². The van der Waals surface area contributed by atoms with E-state index in [1.807, 2.05) is 6.07 Å². The highest BCUT2D eigenvalue weighted by atomic mass is 19.1. The fraction of sp³-hybridized carbons (Fsp3) is 0.154. The largest absolute Gasteiger partial charge is 0.370 e. The van der Waals surface area contributed by atoms with Gasteiger partial charge in [0.1, 0.15) is 11.9 Å². The van der Waals surface area contributed by atoms with Crippen LogP contribution in [0, 0.1) is 23.6 Å². The molecule has 2 rings (SSSR count). The fourth-order valence-electron chi connectivity index (χ4n) is 1.86. The highest BCUT2D eigenvalue weighted by molar-refractivity contribution is 5.86. The predicted octanol–water partition coefficient (Wildman–Crippen LogP) is 1.73. The van der Waals surface area contributed by atoms with Crippen molar-refractivity contribution in [3.8, 4) is 6.07 Å². The van der Waals surface area contributed by atoms with Crippen molar-refractivity contribution in [1.82, 2.24) is 4.57 Å². The lowest BCUT2D eigenvalue weighted by atomic mass is 10.2. The molecule has 0 aliphatic heterocycles. The molecule has 0 bridgehead atoms. The fourth-order valence-corrected chi connectivity index (χ4v) is 1.86. The van der Waals surface area contributed by atoms with Crippen LogP contribution in [0.2, 0.25) is 0 Å². The number of benzene rings is 1. The number of amides is 1. The number of carbonyl (C=O) groups excluding carboxylic acids is 1. The van der Waals surface area contributed by atoms with Gasteiger partial charge in [0.15, 0.2) is 0 Å². The summed E-state index contributed by atoms with van der Waals surface area (Å²) >= 11 is 0. The van der Waals surface area contributed by atoms with Gasteiger partial charge in [0, 0.05) is 30.1 Å². The SMILES string of the molecule is N#Cc1cn(C[CH]CC(N)=O)c2ccc(F)cc12. The first-order valence-electron chi connectivity index (χ1n) is 5.40. The van der Waals surface area contributed by atoms with Crippen LogP contribution in [-0.4, -0.2) is 10.5 Å². The van der Waals surface area contributed by atoms with Gasteiger partial charge in [-0.15, -0.1) is 0 Å². The van der Waals surface area contributed by atoms with Gasteiger partial charge in [-0.25, -0.2) is 4.39 Å². The molecule has 0 saturated heterocycles. The van der Waals surface area contributed by atoms with E-state index in [0.29, 0.717) is 17.5 Å². The zero-order valence-corrected chi connectivity index (χ0v) is 9.56. The Morgan fingerprint density at radius 3 is 3.00 bits per heavy atom. The molecule has 0 atom stereocenters. The molecule has 1 heterocycles. The van der Waals surface area contributed by atoms with Gasteiger partial charge in [-0.1, -0.05) is 0 Å². The molecule has 1 aromatic carbocycles. The van der Waals surface area contributed by atoms with Crippen molar-refractivity contribution in [3.05, 3.63) is 42.2 Å². The number of rotatable bonds is 4. The highest BCUT2D eigenvalue weighted by Gasteiger charge is 2.09. The Morgan fingerprint density at radius 1 is 1.56 bits per heavy atom. The van der Waals surface area contributed by atoms with E-state index in [1.165, 1.54) is 12.1 Å². The molecule has 0 unspecified atom stereocenters. The Labute approximate surface area is 103 Å². The summed E-state index contributed by atoms with van der Waals surface area (Å²) in [6.07, 6.45) is 3.52. The quantitative estimate of drug-likeness (QED) is 0.889. The lowest BCUT2D eigenvalue weighted by Gasteiger charge is -2.03. The first-order valence-corrected chi connectivity index (χ1v) is 5.40. The van der Waals surface area contributed by atoms with Crippen LogP contribution in [0.15, 0.2) is 24.4 Å². The average molecular weight is 244 g/mol. The predicted molar refractivity (Wildman–Crippen MR) is 64.7 cm³/mol. The standard InChI is InChI=1S/C13H11FN3O/c14-10-3-4-12-11(6-10)9(7-15)8-17(12)5-1-2-13(16)18/h1,3-4,6,8H,2,5H2,(H2,16,18). The summed E-state index contributed by atoms with van der Waals surface area (Å²) in [5.41, 5.74) is 6.21. The molecule has 18 heavy (non-hydrogen) atoms. The van der Waals surface area contributed by atoms with Crippen molar-refractivity contribution < 1.29 is 9.18 Å². The number of aromatic nitrogens is 1. The van der Waals surface area contributed by atoms with Gasteiger partial charge in [0.05, 0.1) is 5.56 Å². The van der Waals surface area contributed by atoms with Crippen LogP contribution in [0.4, 0.5) is 4.39 Å². The van der Waals surface area contributed by atoms with E-state index in [-0.39, 0.29) is 12.2 Å². The van der Waals surface area contributed by atoms with Gasteiger partial charge in [-0.05, 0) is 24.6 Å². The number of fused-ring (bicyclic) bond motifs is 1. The number of hydrogen-bond donors (Lipinski definition) is 1. The van der Waals surface area contributed by atoms with Crippen LogP contribution in [-0.2, 0) is 11.3 Å². The van der Waals surface area contributed by atoms with E-state index in [2.05, 4.69) is 0 Å². The van der Waals surface area contributed by atoms with E-state index in [9.17, 15) is 9.18 Å². The third-order valence-electron chi connectivity index (χ3n) is 2.63. The van der Waals surface area contributed by atoms with Gasteiger partial charge in [-0.3, -0.25) is 4.79 Å². The molecule has 4 nitrogen and oxygen atoms in total. The van der Waals surface area contributed by atoms with Crippen molar-refractivity contribution in [2.75, 3.05) is 0 Å². The van der Waals surface area contributed by atoms with Gasteiger partial charge in [-0.2, -0.15) is 5.26 Å². The zero-order chi connectivity index (χ0) is 13.1. The molecule has 91 valence electrons. The molecule has 0 aliphatic carbocycles. The van der Waals surface area contributed by atoms with Crippen molar-refractivity contribution >= 4 is 16.8 Å². The van der Waals surface area contributed by atoms with Crippen molar-refractivity contribution in [2.24, 2.45) is 5.73 Å². The second-order valence-electron chi connectivity index (χ2n) is 3.93. The Bertz CT molecular complexity index is 639. The summed E-state index contributed by atoms with van der Waals surface area (Å²) in [5.74, 6) is -0.782.